The smallest absolute Gasteiger partial charge is 0.328 e. The van der Waals surface area contributed by atoms with Gasteiger partial charge in [0.15, 0.2) is 0 Å². The van der Waals surface area contributed by atoms with Crippen molar-refractivity contribution in [3.05, 3.63) is 34.9 Å². The molecule has 7 nitrogen and oxygen atoms in total. The molecule has 1 aromatic rings. The molecule has 27 heavy (non-hydrogen) atoms. The van der Waals surface area contributed by atoms with E-state index in [0.29, 0.717) is 11.3 Å². The zero-order chi connectivity index (χ0) is 19.9. The van der Waals surface area contributed by atoms with E-state index in [4.69, 9.17) is 4.74 Å². The van der Waals surface area contributed by atoms with Crippen molar-refractivity contribution in [1.82, 2.24) is 10.6 Å². The van der Waals surface area contributed by atoms with E-state index in [1.807, 2.05) is 19.1 Å². The molecule has 2 aliphatic rings. The molecule has 0 spiro atoms. The first-order valence-electron chi connectivity index (χ1n) is 8.75. The van der Waals surface area contributed by atoms with Crippen LogP contribution in [0.1, 0.15) is 38.8 Å². The molecular formula is C20H23N3O4. The summed E-state index contributed by atoms with van der Waals surface area (Å²) in [4.78, 5) is 37.6. The zero-order valence-electron chi connectivity index (χ0n) is 16.1. The number of carbonyl (C=O) groups is 3. The molecule has 0 unspecified atom stereocenters. The standard InChI is InChI=1S/C20H23N3O4/c1-6-23-15-9-16(27-5)12(7-13(15)11(2)10-20(23,3)4)8-14-17(24)21-19(26)22-18(14)25/h7-10H,6H2,1-5H3,(H2,21,22,24,25,26). The molecule has 3 rings (SSSR count). The van der Waals surface area contributed by atoms with E-state index in [-0.39, 0.29) is 11.1 Å². The summed E-state index contributed by atoms with van der Waals surface area (Å²) in [5, 5.41) is 4.15. The zero-order valence-corrected chi connectivity index (χ0v) is 16.1. The minimum absolute atomic E-state index is 0.139. The predicted octanol–water partition coefficient (Wildman–Crippen LogP) is 2.47. The molecule has 0 atom stereocenters. The van der Waals surface area contributed by atoms with Gasteiger partial charge in [-0.3, -0.25) is 20.2 Å². The summed E-state index contributed by atoms with van der Waals surface area (Å²) in [5.41, 5.74) is 3.47. The van der Waals surface area contributed by atoms with Crippen LogP contribution in [0.25, 0.3) is 11.6 Å². The SMILES string of the molecule is CCN1c2cc(OC)c(C=C3C(=O)NC(=O)NC3=O)cc2C(C)=CC1(C)C. The van der Waals surface area contributed by atoms with Crippen molar-refractivity contribution < 1.29 is 19.1 Å². The lowest BCUT2D eigenvalue weighted by molar-refractivity contribution is -0.123. The van der Waals surface area contributed by atoms with Gasteiger partial charge in [0.2, 0.25) is 0 Å². The Kier molecular flexibility index (Phi) is 4.55. The Hall–Kier alpha value is -3.09. The maximum atomic E-state index is 12.0. The number of anilines is 1. The van der Waals surface area contributed by atoms with Crippen LogP contribution in [0.3, 0.4) is 0 Å². The van der Waals surface area contributed by atoms with E-state index in [1.54, 1.807) is 7.11 Å². The number of rotatable bonds is 3. The van der Waals surface area contributed by atoms with Crippen LogP contribution >= 0.6 is 0 Å². The summed E-state index contributed by atoms with van der Waals surface area (Å²) in [7, 11) is 1.54. The lowest BCUT2D eigenvalue weighted by Crippen LogP contribution is -2.51. The molecule has 4 amide bonds. The maximum Gasteiger partial charge on any atom is 0.328 e. The quantitative estimate of drug-likeness (QED) is 0.631. The number of benzene rings is 1. The summed E-state index contributed by atoms with van der Waals surface area (Å²) in [5.74, 6) is -0.915. The molecule has 0 aromatic heterocycles. The number of nitrogens with zero attached hydrogens (tertiary/aromatic N) is 1. The number of hydrogen-bond donors (Lipinski definition) is 2. The molecule has 1 fully saturated rings. The number of urea groups is 1. The van der Waals surface area contributed by atoms with E-state index < -0.39 is 17.8 Å². The van der Waals surface area contributed by atoms with E-state index in [1.165, 1.54) is 6.08 Å². The number of amides is 4. The van der Waals surface area contributed by atoms with Gasteiger partial charge in [-0.25, -0.2) is 4.79 Å². The molecule has 0 aliphatic carbocycles. The number of allylic oxidation sites excluding steroid dienone is 1. The van der Waals surface area contributed by atoms with Crippen LogP contribution < -0.4 is 20.3 Å². The second kappa shape index (κ2) is 6.57. The van der Waals surface area contributed by atoms with E-state index in [9.17, 15) is 14.4 Å². The molecule has 7 heteroatoms. The highest BCUT2D eigenvalue weighted by atomic mass is 16.5. The summed E-state index contributed by atoms with van der Waals surface area (Å²) < 4.78 is 5.52. The van der Waals surface area contributed by atoms with Crippen LogP contribution in [-0.2, 0) is 9.59 Å². The fraction of sp³-hybridized carbons (Fsp3) is 0.350. The first-order valence-corrected chi connectivity index (χ1v) is 8.75. The average molecular weight is 369 g/mol. The normalized spacial score (nSPS) is 18.4. The van der Waals surface area contributed by atoms with E-state index >= 15 is 0 Å². The van der Waals surface area contributed by atoms with Gasteiger partial charge in [0.25, 0.3) is 11.8 Å². The minimum atomic E-state index is -0.820. The third-order valence-corrected chi connectivity index (χ3v) is 4.89. The Balaban J connectivity index is 2.16. The number of likely N-dealkylation sites (N-methyl/N-ethyl adjacent to an activating group) is 1. The predicted molar refractivity (Wildman–Crippen MR) is 103 cm³/mol. The number of hydrogen-bond acceptors (Lipinski definition) is 5. The van der Waals surface area contributed by atoms with Gasteiger partial charge in [-0.05, 0) is 45.4 Å². The monoisotopic (exact) mass is 369 g/mol. The highest BCUT2D eigenvalue weighted by molar-refractivity contribution is 6.31. The van der Waals surface area contributed by atoms with Gasteiger partial charge >= 0.3 is 6.03 Å². The number of ether oxygens (including phenoxy) is 1. The number of barbiturate groups is 1. The summed E-state index contributed by atoms with van der Waals surface area (Å²) in [6, 6.07) is 3.01. The third kappa shape index (κ3) is 3.20. The summed E-state index contributed by atoms with van der Waals surface area (Å²) in [6.07, 6.45) is 3.64. The molecule has 1 aromatic carbocycles. The van der Waals surface area contributed by atoms with E-state index in [0.717, 1.165) is 23.4 Å². The van der Waals surface area contributed by atoms with Crippen molar-refractivity contribution >= 4 is 35.2 Å². The fourth-order valence-electron chi connectivity index (χ4n) is 3.75. The fourth-order valence-corrected chi connectivity index (χ4v) is 3.75. The second-order valence-corrected chi connectivity index (χ2v) is 7.13. The highest BCUT2D eigenvalue weighted by Gasteiger charge is 2.32. The summed E-state index contributed by atoms with van der Waals surface area (Å²) in [6.45, 7) is 9.25. The summed E-state index contributed by atoms with van der Waals surface area (Å²) >= 11 is 0. The molecule has 2 heterocycles. The molecular weight excluding hydrogens is 346 g/mol. The van der Waals surface area contributed by atoms with Crippen LogP contribution in [0.15, 0.2) is 23.8 Å². The average Bonchev–Trinajstić information content (AvgIpc) is 2.57. The van der Waals surface area contributed by atoms with Gasteiger partial charge in [-0.15, -0.1) is 0 Å². The Morgan fingerprint density at radius 3 is 2.33 bits per heavy atom. The molecule has 0 bridgehead atoms. The number of fused-ring (bicyclic) bond motifs is 1. The Morgan fingerprint density at radius 2 is 1.78 bits per heavy atom. The molecule has 142 valence electrons. The molecule has 0 saturated carbocycles. The van der Waals surface area contributed by atoms with Crippen molar-refractivity contribution in [2.45, 2.75) is 33.2 Å². The highest BCUT2D eigenvalue weighted by Crippen LogP contribution is 2.42. The van der Waals surface area contributed by atoms with Crippen LogP contribution in [0, 0.1) is 0 Å². The van der Waals surface area contributed by atoms with E-state index in [2.05, 4.69) is 42.4 Å². The Labute approximate surface area is 158 Å². The molecule has 2 aliphatic heterocycles. The molecule has 2 N–H and O–H groups in total. The van der Waals surface area contributed by atoms with Gasteiger partial charge in [0, 0.05) is 29.4 Å². The first-order chi connectivity index (χ1) is 12.7. The van der Waals surface area contributed by atoms with Crippen molar-refractivity contribution in [2.24, 2.45) is 0 Å². The molecule has 0 radical (unpaired) electrons. The van der Waals surface area contributed by atoms with Gasteiger partial charge in [-0.1, -0.05) is 6.08 Å². The second-order valence-electron chi connectivity index (χ2n) is 7.13. The number of carbonyl (C=O) groups excluding carboxylic acids is 3. The number of imide groups is 2. The van der Waals surface area contributed by atoms with Crippen molar-refractivity contribution in [2.75, 3.05) is 18.6 Å². The van der Waals surface area contributed by atoms with Crippen LogP contribution in [0.4, 0.5) is 10.5 Å². The van der Waals surface area contributed by atoms with Gasteiger partial charge < -0.3 is 9.64 Å². The third-order valence-electron chi connectivity index (χ3n) is 4.89. The number of methoxy groups -OCH3 is 1. The van der Waals surface area contributed by atoms with Crippen molar-refractivity contribution in [1.29, 1.82) is 0 Å². The lowest BCUT2D eigenvalue weighted by Gasteiger charge is -2.43. The van der Waals surface area contributed by atoms with Crippen molar-refractivity contribution in [3.63, 3.8) is 0 Å². The lowest BCUT2D eigenvalue weighted by atomic mass is 9.87. The topological polar surface area (TPSA) is 87.7 Å². The Morgan fingerprint density at radius 1 is 1.15 bits per heavy atom. The minimum Gasteiger partial charge on any atom is -0.496 e. The van der Waals surface area contributed by atoms with Gasteiger partial charge in [-0.2, -0.15) is 0 Å². The molecule has 1 saturated heterocycles. The Bertz CT molecular complexity index is 890. The largest absolute Gasteiger partial charge is 0.496 e. The van der Waals surface area contributed by atoms with Crippen LogP contribution in [0.5, 0.6) is 5.75 Å². The van der Waals surface area contributed by atoms with Crippen LogP contribution in [0.2, 0.25) is 0 Å². The van der Waals surface area contributed by atoms with Crippen LogP contribution in [-0.4, -0.2) is 37.0 Å². The first kappa shape index (κ1) is 18.7. The number of nitrogens with one attached hydrogen (secondary N) is 2. The van der Waals surface area contributed by atoms with Gasteiger partial charge in [0.1, 0.15) is 11.3 Å². The van der Waals surface area contributed by atoms with Crippen molar-refractivity contribution in [3.8, 4) is 5.75 Å². The maximum absolute atomic E-state index is 12.0. The van der Waals surface area contributed by atoms with Gasteiger partial charge in [0.05, 0.1) is 12.6 Å².